The van der Waals surface area contributed by atoms with Gasteiger partial charge in [0.25, 0.3) is 0 Å². The maximum Gasteiger partial charge on any atom is 0.229 e. The third-order valence-corrected chi connectivity index (χ3v) is 3.03. The summed E-state index contributed by atoms with van der Waals surface area (Å²) in [5.74, 6) is 0.0567. The van der Waals surface area contributed by atoms with Crippen LogP contribution in [0.4, 0.5) is 5.69 Å². The Balaban J connectivity index is 2.15. The molecule has 0 saturated carbocycles. The molecule has 0 radical (unpaired) electrons. The lowest BCUT2D eigenvalue weighted by molar-refractivity contribution is -0.123. The number of hydrogen-bond acceptors (Lipinski definition) is 2. The Hall–Kier alpha value is -1.35. The summed E-state index contributed by atoms with van der Waals surface area (Å²) in [5.41, 5.74) is 3.22. The molecule has 0 saturated heterocycles. The van der Waals surface area contributed by atoms with Gasteiger partial charge in [-0.3, -0.25) is 4.79 Å². The van der Waals surface area contributed by atoms with Crippen LogP contribution in [0.25, 0.3) is 0 Å². The van der Waals surface area contributed by atoms with Crippen molar-refractivity contribution in [3.8, 4) is 0 Å². The van der Waals surface area contributed by atoms with Gasteiger partial charge in [-0.15, -0.1) is 0 Å². The molecule has 0 fully saturated rings. The maximum atomic E-state index is 11.9. The van der Waals surface area contributed by atoms with E-state index in [-0.39, 0.29) is 11.3 Å². The van der Waals surface area contributed by atoms with Crippen molar-refractivity contribution in [2.75, 3.05) is 11.9 Å². The summed E-state index contributed by atoms with van der Waals surface area (Å²) in [4.78, 5) is 11.9. The molecular weight excluding hydrogens is 212 g/mol. The highest BCUT2D eigenvalue weighted by atomic mass is 16.2. The number of hydrogen-bond donors (Lipinski definition) is 2. The zero-order chi connectivity index (χ0) is 12.5. The van der Waals surface area contributed by atoms with Gasteiger partial charge in [0.05, 0.1) is 0 Å². The van der Waals surface area contributed by atoms with Crippen LogP contribution in [-0.4, -0.2) is 12.5 Å². The lowest BCUT2D eigenvalue weighted by atomic mass is 9.95. The van der Waals surface area contributed by atoms with E-state index in [1.54, 1.807) is 0 Å². The number of carbonyl (C=O) groups excluding carboxylic acids is 1. The fraction of sp³-hybridized carbons (Fsp3) is 0.500. The second-order valence-electron chi connectivity index (χ2n) is 5.61. The van der Waals surface area contributed by atoms with Crippen LogP contribution in [0.5, 0.6) is 0 Å². The summed E-state index contributed by atoms with van der Waals surface area (Å²) < 4.78 is 0. The average Bonchev–Trinajstić information content (AvgIpc) is 2.27. The van der Waals surface area contributed by atoms with Crippen LogP contribution >= 0.6 is 0 Å². The molecule has 1 aliphatic rings. The third-order valence-electron chi connectivity index (χ3n) is 3.03. The lowest BCUT2D eigenvalue weighted by Gasteiger charge is -2.20. The highest BCUT2D eigenvalue weighted by molar-refractivity contribution is 5.94. The second-order valence-corrected chi connectivity index (χ2v) is 5.61. The fourth-order valence-corrected chi connectivity index (χ4v) is 1.88. The largest absolute Gasteiger partial charge is 0.326 e. The molecule has 1 aromatic rings. The number of anilines is 1. The van der Waals surface area contributed by atoms with Crippen molar-refractivity contribution in [3.05, 3.63) is 29.3 Å². The standard InChI is InChI=1S/C14H20N2O/c1-14(2,3)13(17)16-12-5-4-10-6-7-15-9-11(10)8-12/h4-5,8,15H,6-7,9H2,1-3H3,(H,16,17). The van der Waals surface area contributed by atoms with Gasteiger partial charge in [-0.1, -0.05) is 26.8 Å². The van der Waals surface area contributed by atoms with Crippen molar-refractivity contribution in [2.45, 2.75) is 33.7 Å². The molecule has 92 valence electrons. The van der Waals surface area contributed by atoms with Gasteiger partial charge >= 0.3 is 0 Å². The Morgan fingerprint density at radius 1 is 1.29 bits per heavy atom. The Kier molecular flexibility index (Phi) is 3.20. The molecule has 0 spiro atoms. The van der Waals surface area contributed by atoms with Crippen LogP contribution in [0.15, 0.2) is 18.2 Å². The summed E-state index contributed by atoms with van der Waals surface area (Å²) in [7, 11) is 0. The molecule has 2 N–H and O–H groups in total. The minimum atomic E-state index is -0.353. The van der Waals surface area contributed by atoms with Crippen LogP contribution in [0.1, 0.15) is 31.9 Å². The molecule has 0 aromatic heterocycles. The molecule has 1 amide bonds. The zero-order valence-corrected chi connectivity index (χ0v) is 10.8. The number of benzene rings is 1. The first-order chi connectivity index (χ1) is 7.97. The quantitative estimate of drug-likeness (QED) is 0.780. The first-order valence-electron chi connectivity index (χ1n) is 6.11. The first-order valence-corrected chi connectivity index (χ1v) is 6.11. The van der Waals surface area contributed by atoms with E-state index < -0.39 is 0 Å². The van der Waals surface area contributed by atoms with E-state index in [1.165, 1.54) is 11.1 Å². The Morgan fingerprint density at radius 2 is 2.06 bits per heavy atom. The van der Waals surface area contributed by atoms with Gasteiger partial charge in [-0.25, -0.2) is 0 Å². The van der Waals surface area contributed by atoms with E-state index >= 15 is 0 Å². The van der Waals surface area contributed by atoms with Crippen molar-refractivity contribution in [3.63, 3.8) is 0 Å². The van der Waals surface area contributed by atoms with Crippen molar-refractivity contribution < 1.29 is 4.79 Å². The van der Waals surface area contributed by atoms with Gasteiger partial charge in [0.15, 0.2) is 0 Å². The molecule has 17 heavy (non-hydrogen) atoms. The van der Waals surface area contributed by atoms with Crippen LogP contribution in [0.2, 0.25) is 0 Å². The van der Waals surface area contributed by atoms with Crippen molar-refractivity contribution in [2.24, 2.45) is 5.41 Å². The molecule has 0 atom stereocenters. The van der Waals surface area contributed by atoms with E-state index in [4.69, 9.17) is 0 Å². The van der Waals surface area contributed by atoms with E-state index in [0.717, 1.165) is 25.2 Å². The summed E-state index contributed by atoms with van der Waals surface area (Å²) in [5, 5.41) is 6.30. The molecule has 0 unspecified atom stereocenters. The summed E-state index contributed by atoms with van der Waals surface area (Å²) >= 11 is 0. The summed E-state index contributed by atoms with van der Waals surface area (Å²) in [6.45, 7) is 7.70. The number of rotatable bonds is 1. The van der Waals surface area contributed by atoms with E-state index in [2.05, 4.69) is 22.8 Å². The topological polar surface area (TPSA) is 41.1 Å². The number of carbonyl (C=O) groups is 1. The normalized spacial score (nSPS) is 15.2. The van der Waals surface area contributed by atoms with Gasteiger partial charge in [0.1, 0.15) is 0 Å². The Bertz CT molecular complexity index is 432. The van der Waals surface area contributed by atoms with Gasteiger partial charge < -0.3 is 10.6 Å². The molecule has 1 aromatic carbocycles. The van der Waals surface area contributed by atoms with Gasteiger partial charge in [-0.05, 0) is 36.2 Å². The van der Waals surface area contributed by atoms with Crippen molar-refractivity contribution in [1.29, 1.82) is 0 Å². The van der Waals surface area contributed by atoms with Crippen LogP contribution in [-0.2, 0) is 17.8 Å². The predicted molar refractivity (Wildman–Crippen MR) is 69.9 cm³/mol. The van der Waals surface area contributed by atoms with Gasteiger partial charge in [0.2, 0.25) is 5.91 Å². The first kappa shape index (κ1) is 12.1. The van der Waals surface area contributed by atoms with Crippen molar-refractivity contribution in [1.82, 2.24) is 5.32 Å². The highest BCUT2D eigenvalue weighted by Gasteiger charge is 2.21. The van der Waals surface area contributed by atoms with E-state index in [0.29, 0.717) is 0 Å². The minimum Gasteiger partial charge on any atom is -0.326 e. The van der Waals surface area contributed by atoms with Gasteiger partial charge in [0, 0.05) is 17.6 Å². The molecule has 3 nitrogen and oxygen atoms in total. The van der Waals surface area contributed by atoms with Crippen molar-refractivity contribution >= 4 is 11.6 Å². The maximum absolute atomic E-state index is 11.9. The third kappa shape index (κ3) is 2.86. The summed E-state index contributed by atoms with van der Waals surface area (Å²) in [6, 6.07) is 6.19. The molecule has 1 heterocycles. The van der Waals surface area contributed by atoms with E-state index in [1.807, 2.05) is 26.8 Å². The van der Waals surface area contributed by atoms with Crippen LogP contribution < -0.4 is 10.6 Å². The fourth-order valence-electron chi connectivity index (χ4n) is 1.88. The van der Waals surface area contributed by atoms with Crippen LogP contribution in [0, 0.1) is 5.41 Å². The molecule has 0 aliphatic carbocycles. The van der Waals surface area contributed by atoms with E-state index in [9.17, 15) is 4.79 Å². The number of fused-ring (bicyclic) bond motifs is 1. The average molecular weight is 232 g/mol. The smallest absolute Gasteiger partial charge is 0.229 e. The Morgan fingerprint density at radius 3 is 2.76 bits per heavy atom. The SMILES string of the molecule is CC(C)(C)C(=O)Nc1ccc2c(c1)CNCC2. The molecule has 2 rings (SSSR count). The molecule has 0 bridgehead atoms. The molecule has 1 aliphatic heterocycles. The second kappa shape index (κ2) is 4.49. The molecular formula is C14H20N2O. The predicted octanol–water partition coefficient (Wildman–Crippen LogP) is 2.32. The number of amides is 1. The van der Waals surface area contributed by atoms with Crippen LogP contribution in [0.3, 0.4) is 0 Å². The lowest BCUT2D eigenvalue weighted by Crippen LogP contribution is -2.28. The Labute approximate surface area is 103 Å². The highest BCUT2D eigenvalue weighted by Crippen LogP contribution is 2.21. The van der Waals surface area contributed by atoms with Gasteiger partial charge in [-0.2, -0.15) is 0 Å². The zero-order valence-electron chi connectivity index (χ0n) is 10.8. The number of nitrogens with one attached hydrogen (secondary N) is 2. The molecule has 3 heteroatoms. The minimum absolute atomic E-state index is 0.0567. The summed E-state index contributed by atoms with van der Waals surface area (Å²) in [6.07, 6.45) is 1.07. The monoisotopic (exact) mass is 232 g/mol.